The predicted octanol–water partition coefficient (Wildman–Crippen LogP) is 2.20. The molecule has 1 aromatic rings. The molecule has 100 valence electrons. The minimum atomic E-state index is -0.513. The third-order valence-electron chi connectivity index (χ3n) is 2.94. The molecule has 1 atom stereocenters. The molecule has 1 fully saturated rings. The molecule has 0 unspecified atom stereocenters. The van der Waals surface area contributed by atoms with Gasteiger partial charge < -0.3 is 10.1 Å². The number of nitrogens with one attached hydrogen (secondary N) is 1. The summed E-state index contributed by atoms with van der Waals surface area (Å²) in [6.07, 6.45) is 2.11. The molecule has 0 saturated carbocycles. The zero-order chi connectivity index (χ0) is 13.8. The zero-order valence-corrected chi connectivity index (χ0v) is 12.2. The van der Waals surface area contributed by atoms with Gasteiger partial charge in [-0.15, -0.1) is 0 Å². The highest BCUT2D eigenvalue weighted by molar-refractivity contribution is 14.1. The smallest absolute Gasteiger partial charge is 0.313 e. The van der Waals surface area contributed by atoms with Crippen LogP contribution in [0.25, 0.3) is 0 Å². The molecule has 7 heteroatoms. The van der Waals surface area contributed by atoms with Crippen molar-refractivity contribution in [1.29, 1.82) is 5.26 Å². The monoisotopic (exact) mass is 373 g/mol. The molecule has 19 heavy (non-hydrogen) atoms. The third-order valence-corrected chi connectivity index (χ3v) is 3.74. The lowest BCUT2D eigenvalue weighted by molar-refractivity contribution is -0.386. The van der Waals surface area contributed by atoms with E-state index >= 15 is 0 Å². The van der Waals surface area contributed by atoms with Gasteiger partial charge in [-0.25, -0.2) is 0 Å². The van der Waals surface area contributed by atoms with Crippen LogP contribution >= 0.6 is 22.6 Å². The van der Waals surface area contributed by atoms with E-state index in [9.17, 15) is 10.1 Å². The van der Waals surface area contributed by atoms with Crippen molar-refractivity contribution in [1.82, 2.24) is 5.32 Å². The SMILES string of the molecule is N#Cc1cc(I)c(OC[C@H]2CCCN2)c([N+](=O)[O-])c1. The number of nitriles is 1. The van der Waals surface area contributed by atoms with Crippen LogP contribution in [-0.4, -0.2) is 24.1 Å². The number of benzene rings is 1. The molecule has 0 spiro atoms. The second-order valence-electron chi connectivity index (χ2n) is 4.28. The first-order valence-electron chi connectivity index (χ1n) is 5.86. The van der Waals surface area contributed by atoms with Crippen molar-refractivity contribution in [2.75, 3.05) is 13.2 Å². The first-order valence-corrected chi connectivity index (χ1v) is 6.94. The summed E-state index contributed by atoms with van der Waals surface area (Å²) in [5.41, 5.74) is 0.115. The van der Waals surface area contributed by atoms with E-state index in [2.05, 4.69) is 5.32 Å². The number of hydrogen-bond donors (Lipinski definition) is 1. The van der Waals surface area contributed by atoms with E-state index in [1.807, 2.05) is 28.7 Å². The molecule has 1 aromatic carbocycles. The fraction of sp³-hybridized carbons (Fsp3) is 0.417. The van der Waals surface area contributed by atoms with Crippen LogP contribution in [0.4, 0.5) is 5.69 Å². The summed E-state index contributed by atoms with van der Waals surface area (Å²) < 4.78 is 6.18. The summed E-state index contributed by atoms with van der Waals surface area (Å²) in [6, 6.07) is 4.99. The zero-order valence-electron chi connectivity index (χ0n) is 10.1. The maximum atomic E-state index is 11.0. The summed E-state index contributed by atoms with van der Waals surface area (Å²) in [7, 11) is 0. The van der Waals surface area contributed by atoms with Gasteiger partial charge in [0.05, 0.1) is 20.1 Å². The Labute approximate surface area is 124 Å². The van der Waals surface area contributed by atoms with Crippen molar-refractivity contribution in [3.63, 3.8) is 0 Å². The van der Waals surface area contributed by atoms with Gasteiger partial charge in [0.2, 0.25) is 5.75 Å². The van der Waals surface area contributed by atoms with Gasteiger partial charge in [0.15, 0.2) is 0 Å². The van der Waals surface area contributed by atoms with Crippen LogP contribution < -0.4 is 10.1 Å². The van der Waals surface area contributed by atoms with Crippen LogP contribution in [0.2, 0.25) is 0 Å². The van der Waals surface area contributed by atoms with Gasteiger partial charge >= 0.3 is 5.69 Å². The quantitative estimate of drug-likeness (QED) is 0.497. The van der Waals surface area contributed by atoms with Crippen LogP contribution in [0, 0.1) is 25.0 Å². The fourth-order valence-electron chi connectivity index (χ4n) is 2.00. The molecule has 1 saturated heterocycles. The summed E-state index contributed by atoms with van der Waals surface area (Å²) in [5, 5.41) is 23.1. The van der Waals surface area contributed by atoms with Crippen molar-refractivity contribution in [3.8, 4) is 11.8 Å². The molecule has 2 rings (SSSR count). The molecule has 0 bridgehead atoms. The lowest BCUT2D eigenvalue weighted by atomic mass is 10.2. The van der Waals surface area contributed by atoms with E-state index in [1.165, 1.54) is 6.07 Å². The minimum Gasteiger partial charge on any atom is -0.484 e. The third kappa shape index (κ3) is 3.33. The van der Waals surface area contributed by atoms with Crippen molar-refractivity contribution in [2.45, 2.75) is 18.9 Å². The van der Waals surface area contributed by atoms with Gasteiger partial charge in [-0.3, -0.25) is 10.1 Å². The van der Waals surface area contributed by atoms with Gasteiger partial charge in [0, 0.05) is 12.1 Å². The van der Waals surface area contributed by atoms with Gasteiger partial charge in [-0.1, -0.05) is 0 Å². The molecular weight excluding hydrogens is 361 g/mol. The number of nitrogens with zero attached hydrogens (tertiary/aromatic N) is 2. The topological polar surface area (TPSA) is 88.2 Å². The van der Waals surface area contributed by atoms with Gasteiger partial charge in [0.1, 0.15) is 6.61 Å². The van der Waals surface area contributed by atoms with Gasteiger partial charge in [-0.2, -0.15) is 5.26 Å². The minimum absolute atomic E-state index is 0.151. The highest BCUT2D eigenvalue weighted by Gasteiger charge is 2.22. The lowest BCUT2D eigenvalue weighted by Gasteiger charge is -2.13. The van der Waals surface area contributed by atoms with E-state index in [0.717, 1.165) is 19.4 Å². The maximum Gasteiger partial charge on any atom is 0.313 e. The van der Waals surface area contributed by atoms with Crippen molar-refractivity contribution in [3.05, 3.63) is 31.4 Å². The molecule has 0 radical (unpaired) electrons. The Hall–Kier alpha value is -1.40. The van der Waals surface area contributed by atoms with E-state index in [4.69, 9.17) is 10.00 Å². The molecule has 0 aromatic heterocycles. The van der Waals surface area contributed by atoms with Crippen LogP contribution in [0.1, 0.15) is 18.4 Å². The summed E-state index contributed by atoms with van der Waals surface area (Å²) in [5.74, 6) is 0.248. The molecule has 1 N–H and O–H groups in total. The standard InChI is InChI=1S/C12H12IN3O3/c13-10-4-8(6-14)5-11(16(17)18)12(10)19-7-9-2-1-3-15-9/h4-5,9,15H,1-3,7H2/t9-/m1/s1. The number of hydrogen-bond acceptors (Lipinski definition) is 5. The van der Waals surface area contributed by atoms with Crippen LogP contribution in [0.3, 0.4) is 0 Å². The molecule has 1 heterocycles. The molecule has 0 amide bonds. The Morgan fingerprint density at radius 3 is 3.00 bits per heavy atom. The molecular formula is C12H12IN3O3. The van der Waals surface area contributed by atoms with Crippen molar-refractivity contribution in [2.24, 2.45) is 0 Å². The van der Waals surface area contributed by atoms with Crippen LogP contribution in [0.15, 0.2) is 12.1 Å². The second-order valence-corrected chi connectivity index (χ2v) is 5.44. The fourth-order valence-corrected chi connectivity index (χ4v) is 2.77. The number of ether oxygens (including phenoxy) is 1. The predicted molar refractivity (Wildman–Crippen MR) is 77.0 cm³/mol. The average Bonchev–Trinajstić information content (AvgIpc) is 2.89. The maximum absolute atomic E-state index is 11.0. The number of nitro groups is 1. The van der Waals surface area contributed by atoms with Crippen LogP contribution in [-0.2, 0) is 0 Å². The molecule has 0 aliphatic carbocycles. The van der Waals surface area contributed by atoms with Crippen LogP contribution in [0.5, 0.6) is 5.75 Å². The summed E-state index contributed by atoms with van der Waals surface area (Å²) >= 11 is 1.95. The average molecular weight is 373 g/mol. The normalized spacial score (nSPS) is 18.0. The lowest BCUT2D eigenvalue weighted by Crippen LogP contribution is -2.28. The Kier molecular flexibility index (Phi) is 4.55. The Bertz CT molecular complexity index is 536. The summed E-state index contributed by atoms with van der Waals surface area (Å²) in [6.45, 7) is 1.36. The highest BCUT2D eigenvalue weighted by Crippen LogP contribution is 2.33. The van der Waals surface area contributed by atoms with Gasteiger partial charge in [-0.05, 0) is 48.0 Å². The molecule has 1 aliphatic heterocycles. The number of nitro benzene ring substituents is 1. The first-order chi connectivity index (χ1) is 9.11. The van der Waals surface area contributed by atoms with Gasteiger partial charge in [0.25, 0.3) is 0 Å². The van der Waals surface area contributed by atoms with E-state index in [-0.39, 0.29) is 23.0 Å². The van der Waals surface area contributed by atoms with Crippen molar-refractivity contribution >= 4 is 28.3 Å². The highest BCUT2D eigenvalue weighted by atomic mass is 127. The Morgan fingerprint density at radius 2 is 2.42 bits per heavy atom. The number of rotatable bonds is 4. The molecule has 1 aliphatic rings. The Morgan fingerprint density at radius 1 is 1.63 bits per heavy atom. The number of halogens is 1. The van der Waals surface area contributed by atoms with E-state index < -0.39 is 4.92 Å². The largest absolute Gasteiger partial charge is 0.484 e. The Balaban J connectivity index is 2.22. The van der Waals surface area contributed by atoms with E-state index in [0.29, 0.717) is 10.2 Å². The summed E-state index contributed by atoms with van der Waals surface area (Å²) in [4.78, 5) is 10.5. The first kappa shape index (κ1) is 14.0. The second kappa shape index (κ2) is 6.16. The van der Waals surface area contributed by atoms with Crippen molar-refractivity contribution < 1.29 is 9.66 Å². The molecule has 6 nitrogen and oxygen atoms in total. The van der Waals surface area contributed by atoms with E-state index in [1.54, 1.807) is 6.07 Å².